The first-order chi connectivity index (χ1) is 10.8. The van der Waals surface area contributed by atoms with Crippen LogP contribution in [0.3, 0.4) is 0 Å². The van der Waals surface area contributed by atoms with Gasteiger partial charge in [0.1, 0.15) is 17.2 Å². The number of halogens is 1. The average molecular weight is 377 g/mol. The number of pyridine rings is 1. The van der Waals surface area contributed by atoms with Crippen molar-refractivity contribution in [2.45, 2.75) is 20.3 Å². The molecular weight excluding hydrogens is 360 g/mol. The molecule has 1 atom stereocenters. The Hall–Kier alpha value is -2.28. The van der Waals surface area contributed by atoms with Crippen LogP contribution in [0.2, 0.25) is 0 Å². The van der Waals surface area contributed by atoms with Crippen LogP contribution < -0.4 is 11.5 Å². The number of primary amides is 1. The molecule has 0 radical (unpaired) electrons. The van der Waals surface area contributed by atoms with E-state index in [2.05, 4.69) is 20.9 Å². The minimum atomic E-state index is -0.604. The van der Waals surface area contributed by atoms with Crippen molar-refractivity contribution in [3.63, 3.8) is 0 Å². The molecule has 2 aromatic rings. The van der Waals surface area contributed by atoms with Crippen LogP contribution in [0.5, 0.6) is 0 Å². The summed E-state index contributed by atoms with van der Waals surface area (Å²) in [5.41, 5.74) is 14.1. The van der Waals surface area contributed by atoms with Gasteiger partial charge in [0.05, 0.1) is 5.56 Å². The number of rotatable bonds is 2. The van der Waals surface area contributed by atoms with Crippen LogP contribution in [0.1, 0.15) is 30.6 Å². The second-order valence-corrected chi connectivity index (χ2v) is 6.64. The predicted molar refractivity (Wildman–Crippen MR) is 93.7 cm³/mol. The molecule has 5 N–H and O–H groups in total. The zero-order valence-corrected chi connectivity index (χ0v) is 14.4. The summed E-state index contributed by atoms with van der Waals surface area (Å²) < 4.78 is 2.46. The van der Waals surface area contributed by atoms with Crippen molar-refractivity contribution in [1.82, 2.24) is 9.55 Å². The first-order valence-electron chi connectivity index (χ1n) is 7.18. The first-order valence-corrected chi connectivity index (χ1v) is 7.98. The third-order valence-electron chi connectivity index (χ3n) is 4.20. The number of hydrogen-bond acceptors (Lipinski definition) is 4. The zero-order chi connectivity index (χ0) is 16.9. The monoisotopic (exact) mass is 376 g/mol. The highest BCUT2D eigenvalue weighted by Gasteiger charge is 2.27. The molecule has 0 fully saturated rings. The number of nitrogen functional groups attached to an aromatic ring is 1. The number of fused-ring (bicyclic) bond motifs is 1. The maximum absolute atomic E-state index is 11.9. The largest absolute Gasteiger partial charge is 0.508 e. The second-order valence-electron chi connectivity index (χ2n) is 5.72. The van der Waals surface area contributed by atoms with E-state index in [1.54, 1.807) is 22.9 Å². The molecule has 0 saturated heterocycles. The van der Waals surface area contributed by atoms with Crippen molar-refractivity contribution in [3.05, 3.63) is 39.7 Å². The van der Waals surface area contributed by atoms with E-state index in [1.807, 2.05) is 13.8 Å². The highest BCUT2D eigenvalue weighted by Crippen LogP contribution is 2.39. The summed E-state index contributed by atoms with van der Waals surface area (Å²) in [7, 11) is 0. The van der Waals surface area contributed by atoms with E-state index in [0.717, 1.165) is 10.2 Å². The number of nitrogens with zero attached hydrogens (tertiary/aromatic N) is 2. The normalized spacial score (nSPS) is 18.4. The molecule has 2 aromatic heterocycles. The lowest BCUT2D eigenvalue weighted by molar-refractivity contribution is 0.100. The minimum Gasteiger partial charge on any atom is -0.508 e. The fraction of sp³-hybridized carbons (Fsp3) is 0.250. The summed E-state index contributed by atoms with van der Waals surface area (Å²) in [5, 5.41) is 10.7. The van der Waals surface area contributed by atoms with Gasteiger partial charge in [-0.2, -0.15) is 0 Å². The van der Waals surface area contributed by atoms with E-state index < -0.39 is 5.91 Å². The van der Waals surface area contributed by atoms with E-state index in [4.69, 9.17) is 11.5 Å². The number of allylic oxidation sites excluding steroid dienone is 3. The number of nitrogens with two attached hydrogens (primary N) is 2. The molecule has 1 amide bonds. The van der Waals surface area contributed by atoms with Crippen LogP contribution in [0, 0.1) is 5.92 Å². The first kappa shape index (κ1) is 15.6. The van der Waals surface area contributed by atoms with E-state index in [-0.39, 0.29) is 23.1 Å². The summed E-state index contributed by atoms with van der Waals surface area (Å²) in [6.45, 7) is 3.86. The molecule has 0 aromatic carbocycles. The van der Waals surface area contributed by atoms with Crippen molar-refractivity contribution >= 4 is 44.4 Å². The molecule has 23 heavy (non-hydrogen) atoms. The molecule has 3 rings (SSSR count). The molecule has 0 aliphatic heterocycles. The lowest BCUT2D eigenvalue weighted by Gasteiger charge is -2.24. The molecule has 1 unspecified atom stereocenters. The standard InChI is InChI=1S/C16H17BrN4O2/c1-7-3-4-11(22)8(2)13(7)21-14(18)12(15(19)23)10-5-9(17)6-20-16(10)21/h4-7,22H,3,18H2,1-2H3,(H2,19,23). The second kappa shape index (κ2) is 5.42. The SMILES string of the molecule is CC1=C(n2c(N)c(C(N)=O)c3cc(Br)cnc32)C(C)CC=C1O. The van der Waals surface area contributed by atoms with Crippen LogP contribution in [-0.2, 0) is 0 Å². The molecule has 1 aliphatic carbocycles. The smallest absolute Gasteiger partial charge is 0.253 e. The van der Waals surface area contributed by atoms with E-state index in [1.165, 1.54) is 0 Å². The Morgan fingerprint density at radius 3 is 2.87 bits per heavy atom. The van der Waals surface area contributed by atoms with Crippen LogP contribution in [0.4, 0.5) is 5.82 Å². The van der Waals surface area contributed by atoms with Gasteiger partial charge in [0.2, 0.25) is 0 Å². The Labute approximate surface area is 141 Å². The summed E-state index contributed by atoms with van der Waals surface area (Å²) in [5.74, 6) is -0.0197. The van der Waals surface area contributed by atoms with Gasteiger partial charge in [-0.1, -0.05) is 6.92 Å². The summed E-state index contributed by atoms with van der Waals surface area (Å²) >= 11 is 3.35. The van der Waals surface area contributed by atoms with Gasteiger partial charge in [-0.05, 0) is 41.4 Å². The highest BCUT2D eigenvalue weighted by atomic mass is 79.9. The van der Waals surface area contributed by atoms with Gasteiger partial charge in [-0.15, -0.1) is 0 Å². The molecule has 0 spiro atoms. The number of carbonyl (C=O) groups excluding carboxylic acids is 1. The molecule has 2 heterocycles. The van der Waals surface area contributed by atoms with E-state index in [9.17, 15) is 9.90 Å². The van der Waals surface area contributed by atoms with Gasteiger partial charge in [0.15, 0.2) is 0 Å². The molecular formula is C16H17BrN4O2. The number of carbonyl (C=O) groups is 1. The molecule has 0 bridgehead atoms. The van der Waals surface area contributed by atoms with Crippen molar-refractivity contribution in [1.29, 1.82) is 0 Å². The van der Waals surface area contributed by atoms with Crippen LogP contribution in [0.25, 0.3) is 16.7 Å². The molecule has 0 saturated carbocycles. The van der Waals surface area contributed by atoms with Gasteiger partial charge < -0.3 is 16.6 Å². The Bertz CT molecular complexity index is 895. The third kappa shape index (κ3) is 2.31. The van der Waals surface area contributed by atoms with Crippen LogP contribution in [-0.4, -0.2) is 20.6 Å². The van der Waals surface area contributed by atoms with Gasteiger partial charge in [-0.25, -0.2) is 4.98 Å². The number of amides is 1. The van der Waals surface area contributed by atoms with Gasteiger partial charge in [0, 0.05) is 33.2 Å². The van der Waals surface area contributed by atoms with Crippen molar-refractivity contribution in [3.8, 4) is 0 Å². The summed E-state index contributed by atoms with van der Waals surface area (Å²) in [4.78, 5) is 16.3. The third-order valence-corrected chi connectivity index (χ3v) is 4.63. The summed E-state index contributed by atoms with van der Waals surface area (Å²) in [6.07, 6.45) is 4.10. The number of anilines is 1. The number of aliphatic hydroxyl groups excluding tert-OH is 1. The number of hydrogen-bond donors (Lipinski definition) is 3. The maximum atomic E-state index is 11.9. The predicted octanol–water partition coefficient (Wildman–Crippen LogP) is 3.19. The van der Waals surface area contributed by atoms with Crippen molar-refractivity contribution in [2.75, 3.05) is 5.73 Å². The Morgan fingerprint density at radius 1 is 1.52 bits per heavy atom. The van der Waals surface area contributed by atoms with Gasteiger partial charge in [0.25, 0.3) is 5.91 Å². The zero-order valence-electron chi connectivity index (χ0n) is 12.8. The summed E-state index contributed by atoms with van der Waals surface area (Å²) in [6, 6.07) is 1.77. The quantitative estimate of drug-likeness (QED) is 0.747. The fourth-order valence-corrected chi connectivity index (χ4v) is 3.43. The van der Waals surface area contributed by atoms with E-state index >= 15 is 0 Å². The van der Waals surface area contributed by atoms with E-state index in [0.29, 0.717) is 23.0 Å². The molecule has 6 nitrogen and oxygen atoms in total. The Balaban J connectivity index is 2.43. The van der Waals surface area contributed by atoms with Crippen molar-refractivity contribution < 1.29 is 9.90 Å². The molecule has 7 heteroatoms. The van der Waals surface area contributed by atoms with Gasteiger partial charge >= 0.3 is 0 Å². The molecule has 120 valence electrons. The fourth-order valence-electron chi connectivity index (χ4n) is 3.10. The highest BCUT2D eigenvalue weighted by molar-refractivity contribution is 9.10. The number of aliphatic hydroxyl groups is 1. The lowest BCUT2D eigenvalue weighted by atomic mass is 9.93. The Morgan fingerprint density at radius 2 is 2.22 bits per heavy atom. The lowest BCUT2D eigenvalue weighted by Crippen LogP contribution is -2.17. The van der Waals surface area contributed by atoms with Crippen LogP contribution >= 0.6 is 15.9 Å². The average Bonchev–Trinajstić information content (AvgIpc) is 2.75. The topological polar surface area (TPSA) is 107 Å². The molecule has 1 aliphatic rings. The minimum absolute atomic E-state index is 0.120. The number of aromatic nitrogens is 2. The van der Waals surface area contributed by atoms with Crippen molar-refractivity contribution in [2.24, 2.45) is 11.7 Å². The van der Waals surface area contributed by atoms with Crippen LogP contribution in [0.15, 0.2) is 34.1 Å². The Kier molecular flexibility index (Phi) is 3.68. The maximum Gasteiger partial charge on any atom is 0.253 e. The van der Waals surface area contributed by atoms with Gasteiger partial charge in [-0.3, -0.25) is 9.36 Å².